The number of hydrogen-bond donors (Lipinski definition) is 1. The second-order valence-electron chi connectivity index (χ2n) is 7.75. The van der Waals surface area contributed by atoms with Gasteiger partial charge in [0.05, 0.1) is 24.8 Å². The van der Waals surface area contributed by atoms with Gasteiger partial charge < -0.3 is 19.5 Å². The Morgan fingerprint density at radius 2 is 1.56 bits per heavy atom. The van der Waals surface area contributed by atoms with Crippen molar-refractivity contribution in [1.82, 2.24) is 9.88 Å². The number of pyridine rings is 1. The molecule has 7 heteroatoms. The van der Waals surface area contributed by atoms with Crippen molar-refractivity contribution in [3.63, 3.8) is 0 Å². The highest BCUT2D eigenvalue weighted by Crippen LogP contribution is 2.40. The molecule has 4 rings (SSSR count). The third-order valence-corrected chi connectivity index (χ3v) is 5.56. The Bertz CT molecular complexity index is 1190. The fraction of sp³-hybridized carbons (Fsp3) is 0.222. The average Bonchev–Trinajstić information content (AvgIpc) is 3.10. The molecular weight excluding hydrogens is 432 g/mol. The first-order valence-corrected chi connectivity index (χ1v) is 11.2. The fourth-order valence-corrected chi connectivity index (χ4v) is 4.02. The van der Waals surface area contributed by atoms with Gasteiger partial charge in [-0.15, -0.1) is 0 Å². The molecule has 34 heavy (non-hydrogen) atoms. The smallest absolute Gasteiger partial charge is 0.295 e. The standard InChI is InChI=1S/C27H26N2O5/c1-3-33-21-11-7-19(8-12-21)24-23(25(30)20-9-13-22(14-10-20)34-4-2)26(31)27(32)29(24)17-18-6-5-15-28-16-18/h5-16,24,30H,3-4,17H2,1-2H3/t24-/m0/s1. The highest BCUT2D eigenvalue weighted by atomic mass is 16.5. The minimum atomic E-state index is -0.762. The van der Waals surface area contributed by atoms with E-state index in [1.54, 1.807) is 54.9 Å². The number of Topliss-reactive ketones (excluding diaryl/α,β-unsaturated/α-hetero) is 1. The lowest BCUT2D eigenvalue weighted by molar-refractivity contribution is -0.140. The van der Waals surface area contributed by atoms with E-state index in [2.05, 4.69) is 4.98 Å². The van der Waals surface area contributed by atoms with Gasteiger partial charge in [0, 0.05) is 24.5 Å². The van der Waals surface area contributed by atoms with Gasteiger partial charge in [-0.2, -0.15) is 0 Å². The normalized spacial score (nSPS) is 17.1. The predicted molar refractivity (Wildman–Crippen MR) is 127 cm³/mol. The van der Waals surface area contributed by atoms with Gasteiger partial charge in [-0.3, -0.25) is 14.6 Å². The van der Waals surface area contributed by atoms with E-state index in [9.17, 15) is 14.7 Å². The summed E-state index contributed by atoms with van der Waals surface area (Å²) < 4.78 is 11.0. The average molecular weight is 459 g/mol. The summed E-state index contributed by atoms with van der Waals surface area (Å²) in [6.45, 7) is 5.00. The number of carbonyl (C=O) groups excluding carboxylic acids is 2. The zero-order chi connectivity index (χ0) is 24.1. The highest BCUT2D eigenvalue weighted by Gasteiger charge is 2.46. The molecule has 2 aromatic carbocycles. The Morgan fingerprint density at radius 1 is 0.941 bits per heavy atom. The van der Waals surface area contributed by atoms with Crippen LogP contribution in [0.4, 0.5) is 0 Å². The number of benzene rings is 2. The summed E-state index contributed by atoms with van der Waals surface area (Å²) >= 11 is 0. The number of aromatic nitrogens is 1. The molecule has 0 saturated carbocycles. The van der Waals surface area contributed by atoms with Crippen molar-refractivity contribution >= 4 is 17.4 Å². The number of likely N-dealkylation sites (tertiary alicyclic amines) is 1. The molecule has 1 aliphatic heterocycles. The molecule has 3 aromatic rings. The number of rotatable bonds is 8. The molecule has 0 unspecified atom stereocenters. The molecule has 0 spiro atoms. The quantitative estimate of drug-likeness (QED) is 0.304. The third kappa shape index (κ3) is 4.64. The molecule has 0 bridgehead atoms. The molecule has 7 nitrogen and oxygen atoms in total. The maximum Gasteiger partial charge on any atom is 0.295 e. The van der Waals surface area contributed by atoms with Crippen molar-refractivity contribution < 1.29 is 24.2 Å². The van der Waals surface area contributed by atoms with Gasteiger partial charge in [-0.1, -0.05) is 18.2 Å². The van der Waals surface area contributed by atoms with E-state index in [-0.39, 0.29) is 17.9 Å². The summed E-state index contributed by atoms with van der Waals surface area (Å²) in [6, 6.07) is 16.8. The van der Waals surface area contributed by atoms with E-state index < -0.39 is 17.7 Å². The molecule has 1 atom stereocenters. The molecule has 1 N–H and O–H groups in total. The molecule has 174 valence electrons. The summed E-state index contributed by atoms with van der Waals surface area (Å²) in [4.78, 5) is 31.9. The summed E-state index contributed by atoms with van der Waals surface area (Å²) in [5.74, 6) is -0.292. The summed E-state index contributed by atoms with van der Waals surface area (Å²) in [6.07, 6.45) is 3.30. The second-order valence-corrected chi connectivity index (χ2v) is 7.75. The zero-order valence-corrected chi connectivity index (χ0v) is 19.1. The topological polar surface area (TPSA) is 89.0 Å². The van der Waals surface area contributed by atoms with Gasteiger partial charge in [0.15, 0.2) is 0 Å². The van der Waals surface area contributed by atoms with Crippen LogP contribution in [-0.4, -0.2) is 39.9 Å². The van der Waals surface area contributed by atoms with Crippen LogP contribution in [0.25, 0.3) is 5.76 Å². The largest absolute Gasteiger partial charge is 0.507 e. The Labute approximate surface area is 198 Å². The minimum Gasteiger partial charge on any atom is -0.507 e. The van der Waals surface area contributed by atoms with Gasteiger partial charge in [0.2, 0.25) is 0 Å². The lowest BCUT2D eigenvalue weighted by atomic mass is 9.95. The summed E-state index contributed by atoms with van der Waals surface area (Å²) in [5.41, 5.74) is 1.95. The van der Waals surface area contributed by atoms with Crippen molar-refractivity contribution in [2.24, 2.45) is 0 Å². The van der Waals surface area contributed by atoms with Crippen LogP contribution in [0.5, 0.6) is 11.5 Å². The first-order chi connectivity index (χ1) is 16.5. The van der Waals surface area contributed by atoms with Gasteiger partial charge in [0.1, 0.15) is 17.3 Å². The van der Waals surface area contributed by atoms with E-state index >= 15 is 0 Å². The molecule has 1 fully saturated rings. The monoisotopic (exact) mass is 458 g/mol. The number of hydrogen-bond acceptors (Lipinski definition) is 6. The van der Waals surface area contributed by atoms with Crippen LogP contribution >= 0.6 is 0 Å². The number of ketones is 1. The van der Waals surface area contributed by atoms with Crippen molar-refractivity contribution in [2.75, 3.05) is 13.2 Å². The van der Waals surface area contributed by atoms with Crippen LogP contribution in [0.1, 0.15) is 36.6 Å². The van der Waals surface area contributed by atoms with Gasteiger partial charge in [-0.05, 0) is 67.4 Å². The van der Waals surface area contributed by atoms with Crippen LogP contribution in [-0.2, 0) is 16.1 Å². The zero-order valence-electron chi connectivity index (χ0n) is 19.1. The van der Waals surface area contributed by atoms with E-state index in [0.717, 1.165) is 5.56 Å². The molecule has 1 aliphatic rings. The molecule has 0 radical (unpaired) electrons. The summed E-state index contributed by atoms with van der Waals surface area (Å²) in [5, 5.41) is 11.2. The van der Waals surface area contributed by atoms with Crippen molar-refractivity contribution in [2.45, 2.75) is 26.4 Å². The molecule has 2 heterocycles. The number of carbonyl (C=O) groups is 2. The van der Waals surface area contributed by atoms with Crippen molar-refractivity contribution in [1.29, 1.82) is 0 Å². The van der Waals surface area contributed by atoms with E-state index in [0.29, 0.717) is 35.8 Å². The van der Waals surface area contributed by atoms with E-state index in [4.69, 9.17) is 9.47 Å². The first-order valence-electron chi connectivity index (χ1n) is 11.2. The van der Waals surface area contributed by atoms with Crippen molar-refractivity contribution in [3.8, 4) is 11.5 Å². The lowest BCUT2D eigenvalue weighted by Gasteiger charge is -2.25. The SMILES string of the molecule is CCOc1ccc(C(O)=C2C(=O)C(=O)N(Cc3cccnc3)[C@H]2c2ccc(OCC)cc2)cc1. The Morgan fingerprint density at radius 3 is 2.12 bits per heavy atom. The van der Waals surface area contributed by atoms with Crippen LogP contribution in [0.2, 0.25) is 0 Å². The number of amides is 1. The van der Waals surface area contributed by atoms with Crippen LogP contribution in [0.15, 0.2) is 78.6 Å². The van der Waals surface area contributed by atoms with Crippen LogP contribution in [0.3, 0.4) is 0 Å². The number of aliphatic hydroxyl groups excluding tert-OH is 1. The molecular formula is C27H26N2O5. The predicted octanol–water partition coefficient (Wildman–Crippen LogP) is 4.50. The van der Waals surface area contributed by atoms with Crippen LogP contribution in [0, 0.1) is 0 Å². The Balaban J connectivity index is 1.79. The maximum atomic E-state index is 13.2. The second kappa shape index (κ2) is 10.2. The number of ether oxygens (including phenoxy) is 2. The first kappa shape index (κ1) is 23.0. The molecule has 1 aromatic heterocycles. The summed E-state index contributed by atoms with van der Waals surface area (Å²) in [7, 11) is 0. The number of nitrogens with zero attached hydrogens (tertiary/aromatic N) is 2. The minimum absolute atomic E-state index is 0.0437. The van der Waals surface area contributed by atoms with Crippen molar-refractivity contribution in [3.05, 3.63) is 95.3 Å². The number of aliphatic hydroxyl groups is 1. The van der Waals surface area contributed by atoms with Gasteiger partial charge >= 0.3 is 0 Å². The Hall–Kier alpha value is -4.13. The fourth-order valence-electron chi connectivity index (χ4n) is 4.02. The van der Waals surface area contributed by atoms with Gasteiger partial charge in [-0.25, -0.2) is 0 Å². The lowest BCUT2D eigenvalue weighted by Crippen LogP contribution is -2.29. The molecule has 1 saturated heterocycles. The van der Waals surface area contributed by atoms with E-state index in [1.807, 2.05) is 32.0 Å². The molecule has 0 aliphatic carbocycles. The molecule has 1 amide bonds. The third-order valence-electron chi connectivity index (χ3n) is 5.56. The Kier molecular flexibility index (Phi) is 6.92. The van der Waals surface area contributed by atoms with E-state index in [1.165, 1.54) is 4.90 Å². The highest BCUT2D eigenvalue weighted by molar-refractivity contribution is 6.46. The van der Waals surface area contributed by atoms with Gasteiger partial charge in [0.25, 0.3) is 11.7 Å². The van der Waals surface area contributed by atoms with Crippen LogP contribution < -0.4 is 9.47 Å². The maximum absolute atomic E-state index is 13.2.